The van der Waals surface area contributed by atoms with Crippen molar-refractivity contribution in [3.8, 4) is 0 Å². The van der Waals surface area contributed by atoms with E-state index in [9.17, 15) is 9.90 Å². The van der Waals surface area contributed by atoms with Gasteiger partial charge in [0, 0.05) is 6.42 Å². The van der Waals surface area contributed by atoms with Crippen molar-refractivity contribution < 1.29 is 14.3 Å². The molecule has 2 rings (SSSR count). The summed E-state index contributed by atoms with van der Waals surface area (Å²) in [4.78, 5) is 13.3. The Morgan fingerprint density at radius 3 is 2.83 bits per heavy atom. The van der Waals surface area contributed by atoms with Gasteiger partial charge in [-0.25, -0.2) is 0 Å². The predicted octanol–water partition coefficient (Wildman–Crippen LogP) is 2.67. The molecule has 0 bridgehead atoms. The van der Waals surface area contributed by atoms with Crippen LogP contribution in [-0.4, -0.2) is 28.6 Å². The number of hydrogen-bond donors (Lipinski definition) is 1. The number of carboxylic acids is 1. The zero-order valence-corrected chi connectivity index (χ0v) is 10.9. The van der Waals surface area contributed by atoms with Crippen LogP contribution in [0, 0.1) is 0 Å². The molecule has 0 spiro atoms. The SMILES string of the molecule is CCc1ccc(CN2CCCCCC2C(=O)O)o1. The average molecular weight is 251 g/mol. The lowest BCUT2D eigenvalue weighted by molar-refractivity contribution is -0.143. The van der Waals surface area contributed by atoms with Crippen molar-refractivity contribution in [1.29, 1.82) is 0 Å². The Balaban J connectivity index is 2.05. The molecule has 0 saturated carbocycles. The van der Waals surface area contributed by atoms with Crippen molar-refractivity contribution in [3.05, 3.63) is 23.7 Å². The molecule has 4 heteroatoms. The van der Waals surface area contributed by atoms with Crippen LogP contribution in [0.1, 0.15) is 44.1 Å². The van der Waals surface area contributed by atoms with Crippen LogP contribution in [-0.2, 0) is 17.8 Å². The smallest absolute Gasteiger partial charge is 0.320 e. The van der Waals surface area contributed by atoms with Crippen molar-refractivity contribution >= 4 is 5.97 Å². The van der Waals surface area contributed by atoms with Crippen LogP contribution in [0.2, 0.25) is 0 Å². The van der Waals surface area contributed by atoms with E-state index in [-0.39, 0.29) is 6.04 Å². The molecule has 1 N–H and O–H groups in total. The zero-order chi connectivity index (χ0) is 13.0. The topological polar surface area (TPSA) is 53.7 Å². The largest absolute Gasteiger partial charge is 0.480 e. The van der Waals surface area contributed by atoms with Gasteiger partial charge in [-0.05, 0) is 31.5 Å². The average Bonchev–Trinajstić information content (AvgIpc) is 2.66. The Morgan fingerprint density at radius 1 is 1.39 bits per heavy atom. The maximum atomic E-state index is 11.3. The molecule has 100 valence electrons. The van der Waals surface area contributed by atoms with Gasteiger partial charge in [-0.2, -0.15) is 0 Å². The van der Waals surface area contributed by atoms with Gasteiger partial charge in [0.05, 0.1) is 6.54 Å². The molecule has 2 heterocycles. The van der Waals surface area contributed by atoms with Crippen LogP contribution in [0.25, 0.3) is 0 Å². The van der Waals surface area contributed by atoms with Crippen LogP contribution in [0.15, 0.2) is 16.5 Å². The summed E-state index contributed by atoms with van der Waals surface area (Å²) < 4.78 is 5.67. The van der Waals surface area contributed by atoms with Gasteiger partial charge in [-0.3, -0.25) is 9.69 Å². The molecule has 1 aromatic rings. The summed E-state index contributed by atoms with van der Waals surface area (Å²) in [6.45, 7) is 3.50. The minimum atomic E-state index is -0.709. The summed E-state index contributed by atoms with van der Waals surface area (Å²) >= 11 is 0. The van der Waals surface area contributed by atoms with Gasteiger partial charge < -0.3 is 9.52 Å². The van der Waals surface area contributed by atoms with Crippen molar-refractivity contribution in [2.45, 2.75) is 51.6 Å². The standard InChI is InChI=1S/C14H21NO3/c1-2-11-7-8-12(18-11)10-15-9-5-3-4-6-13(15)14(16)17/h7-8,13H,2-6,9-10H2,1H3,(H,16,17). The van der Waals surface area contributed by atoms with E-state index in [1.54, 1.807) is 0 Å². The highest BCUT2D eigenvalue weighted by molar-refractivity contribution is 5.73. The number of rotatable bonds is 4. The fraction of sp³-hybridized carbons (Fsp3) is 0.643. The first-order chi connectivity index (χ1) is 8.70. The van der Waals surface area contributed by atoms with Gasteiger partial charge in [0.25, 0.3) is 0 Å². The number of hydrogen-bond acceptors (Lipinski definition) is 3. The van der Waals surface area contributed by atoms with Crippen LogP contribution in [0.4, 0.5) is 0 Å². The summed E-state index contributed by atoms with van der Waals surface area (Å²) in [5, 5.41) is 9.29. The van der Waals surface area contributed by atoms with E-state index in [1.807, 2.05) is 17.0 Å². The summed E-state index contributed by atoms with van der Waals surface area (Å²) in [7, 11) is 0. The molecule has 18 heavy (non-hydrogen) atoms. The van der Waals surface area contributed by atoms with E-state index in [0.717, 1.165) is 50.2 Å². The number of nitrogens with zero attached hydrogens (tertiary/aromatic N) is 1. The normalized spacial score (nSPS) is 21.7. The number of aryl methyl sites for hydroxylation is 1. The Morgan fingerprint density at radius 2 is 2.17 bits per heavy atom. The molecule has 0 radical (unpaired) electrons. The van der Waals surface area contributed by atoms with Gasteiger partial charge in [-0.15, -0.1) is 0 Å². The molecule has 1 aliphatic heterocycles. The van der Waals surface area contributed by atoms with E-state index < -0.39 is 5.97 Å². The highest BCUT2D eigenvalue weighted by Gasteiger charge is 2.27. The van der Waals surface area contributed by atoms with Crippen molar-refractivity contribution in [2.24, 2.45) is 0 Å². The first-order valence-electron chi connectivity index (χ1n) is 6.75. The van der Waals surface area contributed by atoms with Gasteiger partial charge in [0.1, 0.15) is 17.6 Å². The molecule has 1 aromatic heterocycles. The van der Waals surface area contributed by atoms with E-state index in [1.165, 1.54) is 0 Å². The van der Waals surface area contributed by atoms with Gasteiger partial charge in [0.15, 0.2) is 0 Å². The monoisotopic (exact) mass is 251 g/mol. The highest BCUT2D eigenvalue weighted by atomic mass is 16.4. The molecule has 1 fully saturated rings. The lowest BCUT2D eigenvalue weighted by Gasteiger charge is -2.25. The van der Waals surface area contributed by atoms with E-state index in [0.29, 0.717) is 6.54 Å². The van der Waals surface area contributed by atoms with Gasteiger partial charge in [0.2, 0.25) is 0 Å². The number of aliphatic carboxylic acids is 1. The second kappa shape index (κ2) is 6.05. The third-order valence-corrected chi connectivity index (χ3v) is 3.57. The van der Waals surface area contributed by atoms with Gasteiger partial charge in [-0.1, -0.05) is 19.8 Å². The fourth-order valence-electron chi connectivity index (χ4n) is 2.53. The number of carbonyl (C=O) groups is 1. The summed E-state index contributed by atoms with van der Waals surface area (Å²) in [6.07, 6.45) is 4.83. The number of carboxylic acid groups (broad SMARTS) is 1. The van der Waals surface area contributed by atoms with Crippen molar-refractivity contribution in [3.63, 3.8) is 0 Å². The fourth-order valence-corrected chi connectivity index (χ4v) is 2.53. The molecular formula is C14H21NO3. The molecule has 1 aliphatic rings. The molecule has 0 aromatic carbocycles. The molecule has 1 saturated heterocycles. The molecule has 1 unspecified atom stereocenters. The number of likely N-dealkylation sites (tertiary alicyclic amines) is 1. The molecule has 4 nitrogen and oxygen atoms in total. The molecule has 1 atom stereocenters. The van der Waals surface area contributed by atoms with Crippen LogP contribution < -0.4 is 0 Å². The quantitative estimate of drug-likeness (QED) is 0.893. The van der Waals surface area contributed by atoms with E-state index in [2.05, 4.69) is 6.92 Å². The Kier molecular flexibility index (Phi) is 4.42. The van der Waals surface area contributed by atoms with Crippen LogP contribution in [0.5, 0.6) is 0 Å². The van der Waals surface area contributed by atoms with E-state index in [4.69, 9.17) is 4.42 Å². The Labute approximate surface area is 108 Å². The van der Waals surface area contributed by atoms with Crippen LogP contribution in [0.3, 0.4) is 0 Å². The minimum absolute atomic E-state index is 0.359. The van der Waals surface area contributed by atoms with Gasteiger partial charge >= 0.3 is 5.97 Å². The first kappa shape index (κ1) is 13.1. The summed E-state index contributed by atoms with van der Waals surface area (Å²) in [6, 6.07) is 3.58. The summed E-state index contributed by atoms with van der Waals surface area (Å²) in [5.41, 5.74) is 0. The van der Waals surface area contributed by atoms with E-state index >= 15 is 0 Å². The third-order valence-electron chi connectivity index (χ3n) is 3.57. The van der Waals surface area contributed by atoms with Crippen LogP contribution >= 0.6 is 0 Å². The Hall–Kier alpha value is -1.29. The highest BCUT2D eigenvalue weighted by Crippen LogP contribution is 2.20. The lowest BCUT2D eigenvalue weighted by atomic mass is 10.1. The molecule has 0 amide bonds. The maximum absolute atomic E-state index is 11.3. The molecular weight excluding hydrogens is 230 g/mol. The Bertz CT molecular complexity index is 399. The lowest BCUT2D eigenvalue weighted by Crippen LogP contribution is -2.40. The second-order valence-electron chi connectivity index (χ2n) is 4.90. The zero-order valence-electron chi connectivity index (χ0n) is 10.9. The first-order valence-corrected chi connectivity index (χ1v) is 6.75. The summed E-state index contributed by atoms with van der Waals surface area (Å²) in [5.74, 6) is 1.13. The molecule has 0 aliphatic carbocycles. The minimum Gasteiger partial charge on any atom is -0.480 e. The van der Waals surface area contributed by atoms with Crippen molar-refractivity contribution in [2.75, 3.05) is 6.54 Å². The predicted molar refractivity (Wildman–Crippen MR) is 68.4 cm³/mol. The maximum Gasteiger partial charge on any atom is 0.320 e. The van der Waals surface area contributed by atoms with Crippen molar-refractivity contribution in [1.82, 2.24) is 4.90 Å². The third kappa shape index (κ3) is 3.13. The second-order valence-corrected chi connectivity index (χ2v) is 4.90. The number of furan rings is 1.